The van der Waals surface area contributed by atoms with Crippen molar-refractivity contribution in [1.29, 1.82) is 0 Å². The van der Waals surface area contributed by atoms with Crippen LogP contribution in [-0.4, -0.2) is 28.9 Å². The molecule has 0 bridgehead atoms. The largest absolute Gasteiger partial charge is 0.342 e. The maximum Gasteiger partial charge on any atom is 0.222 e. The first kappa shape index (κ1) is 18.5. The first-order valence-corrected chi connectivity index (χ1v) is 9.22. The molecular formula is C21H24F2N2O. The number of carbonyl (C=O) groups excluding carboxylic acids is 1. The van der Waals surface area contributed by atoms with E-state index in [0.29, 0.717) is 30.7 Å². The lowest BCUT2D eigenvalue weighted by atomic mass is 9.91. The lowest BCUT2D eigenvalue weighted by molar-refractivity contribution is -0.133. The molecule has 0 saturated carbocycles. The molecular weight excluding hydrogens is 334 g/mol. The van der Waals surface area contributed by atoms with Crippen LogP contribution >= 0.6 is 0 Å². The SMILES string of the molecule is O=C(CCc1cccnc1)N1CCCC(CCc2ccc(F)cc2F)C1. The number of amides is 1. The number of hydrogen-bond acceptors (Lipinski definition) is 2. The van der Waals surface area contributed by atoms with E-state index in [1.54, 1.807) is 12.4 Å². The number of aromatic nitrogens is 1. The maximum absolute atomic E-state index is 13.8. The minimum Gasteiger partial charge on any atom is -0.342 e. The van der Waals surface area contributed by atoms with E-state index in [0.717, 1.165) is 44.0 Å². The topological polar surface area (TPSA) is 33.2 Å². The summed E-state index contributed by atoms with van der Waals surface area (Å²) in [5.74, 6) is -0.485. The molecule has 2 aromatic rings. The Bertz CT molecular complexity index is 736. The molecule has 1 saturated heterocycles. The summed E-state index contributed by atoms with van der Waals surface area (Å²) in [6.45, 7) is 1.53. The lowest BCUT2D eigenvalue weighted by Gasteiger charge is -2.33. The van der Waals surface area contributed by atoms with E-state index in [1.165, 1.54) is 12.1 Å². The van der Waals surface area contributed by atoms with Crippen molar-refractivity contribution in [2.75, 3.05) is 13.1 Å². The number of pyridine rings is 1. The molecule has 5 heteroatoms. The fourth-order valence-corrected chi connectivity index (χ4v) is 3.57. The van der Waals surface area contributed by atoms with Crippen molar-refractivity contribution in [3.63, 3.8) is 0 Å². The van der Waals surface area contributed by atoms with Crippen LogP contribution in [0.15, 0.2) is 42.7 Å². The van der Waals surface area contributed by atoms with E-state index in [1.807, 2.05) is 17.0 Å². The summed E-state index contributed by atoms with van der Waals surface area (Å²) < 4.78 is 26.8. The molecule has 3 rings (SSSR count). The summed E-state index contributed by atoms with van der Waals surface area (Å²) in [4.78, 5) is 18.5. The van der Waals surface area contributed by atoms with Crippen LogP contribution in [0.2, 0.25) is 0 Å². The average Bonchev–Trinajstić information content (AvgIpc) is 2.66. The fourth-order valence-electron chi connectivity index (χ4n) is 3.57. The maximum atomic E-state index is 13.8. The number of rotatable bonds is 6. The Morgan fingerprint density at radius 2 is 2.12 bits per heavy atom. The highest BCUT2D eigenvalue weighted by molar-refractivity contribution is 5.76. The molecule has 1 amide bonds. The van der Waals surface area contributed by atoms with E-state index in [-0.39, 0.29) is 5.91 Å². The third-order valence-electron chi connectivity index (χ3n) is 5.06. The van der Waals surface area contributed by atoms with Gasteiger partial charge in [0.15, 0.2) is 0 Å². The lowest BCUT2D eigenvalue weighted by Crippen LogP contribution is -2.40. The van der Waals surface area contributed by atoms with Gasteiger partial charge in [-0.05, 0) is 61.3 Å². The second-order valence-corrected chi connectivity index (χ2v) is 6.98. The van der Waals surface area contributed by atoms with Crippen LogP contribution < -0.4 is 0 Å². The van der Waals surface area contributed by atoms with Crippen molar-refractivity contribution in [2.24, 2.45) is 5.92 Å². The van der Waals surface area contributed by atoms with Gasteiger partial charge in [0.2, 0.25) is 5.91 Å². The first-order valence-electron chi connectivity index (χ1n) is 9.22. The van der Waals surface area contributed by atoms with E-state index >= 15 is 0 Å². The van der Waals surface area contributed by atoms with Gasteiger partial charge in [-0.15, -0.1) is 0 Å². The zero-order valence-electron chi connectivity index (χ0n) is 14.8. The van der Waals surface area contributed by atoms with E-state index in [2.05, 4.69) is 4.98 Å². The molecule has 26 heavy (non-hydrogen) atoms. The van der Waals surface area contributed by atoms with Crippen molar-refractivity contribution >= 4 is 5.91 Å². The number of aryl methyl sites for hydroxylation is 2. The standard InChI is InChI=1S/C21H24F2N2O/c22-19-9-8-18(20(23)13-19)7-5-17-4-2-12-25(15-17)21(26)10-6-16-3-1-11-24-14-16/h1,3,8-9,11,13-14,17H,2,4-7,10,12,15H2. The van der Waals surface area contributed by atoms with E-state index in [9.17, 15) is 13.6 Å². The van der Waals surface area contributed by atoms with Gasteiger partial charge in [0.1, 0.15) is 11.6 Å². The zero-order valence-corrected chi connectivity index (χ0v) is 14.8. The predicted octanol–water partition coefficient (Wildman–Crippen LogP) is 4.16. The minimum absolute atomic E-state index is 0.173. The third kappa shape index (κ3) is 5.10. The average molecular weight is 358 g/mol. The summed E-state index contributed by atoms with van der Waals surface area (Å²) in [5.41, 5.74) is 1.62. The summed E-state index contributed by atoms with van der Waals surface area (Å²) in [6.07, 6.45) is 8.14. The van der Waals surface area contributed by atoms with Gasteiger partial charge < -0.3 is 4.90 Å². The van der Waals surface area contributed by atoms with E-state index in [4.69, 9.17) is 0 Å². The molecule has 1 unspecified atom stereocenters. The van der Waals surface area contributed by atoms with Crippen molar-refractivity contribution in [3.8, 4) is 0 Å². The Hall–Kier alpha value is -2.30. The molecule has 1 atom stereocenters. The zero-order chi connectivity index (χ0) is 18.4. The minimum atomic E-state index is -0.547. The van der Waals surface area contributed by atoms with Gasteiger partial charge in [-0.1, -0.05) is 12.1 Å². The summed E-state index contributed by atoms with van der Waals surface area (Å²) in [5, 5.41) is 0. The predicted molar refractivity (Wildman–Crippen MR) is 96.5 cm³/mol. The molecule has 0 spiro atoms. The fraction of sp³-hybridized carbons (Fsp3) is 0.429. The van der Waals surface area contributed by atoms with Crippen molar-refractivity contribution in [1.82, 2.24) is 9.88 Å². The number of hydrogen-bond donors (Lipinski definition) is 0. The van der Waals surface area contributed by atoms with Crippen LogP contribution in [0.3, 0.4) is 0 Å². The molecule has 1 fully saturated rings. The van der Waals surface area contributed by atoms with Gasteiger partial charge in [-0.25, -0.2) is 8.78 Å². The first-order chi connectivity index (χ1) is 12.6. The Kier molecular flexibility index (Phi) is 6.31. The molecule has 1 aromatic heterocycles. The van der Waals surface area contributed by atoms with Gasteiger partial charge in [0.25, 0.3) is 0 Å². The summed E-state index contributed by atoms with van der Waals surface area (Å²) in [6, 6.07) is 7.62. The Balaban J connectivity index is 1.48. The van der Waals surface area contributed by atoms with Crippen molar-refractivity contribution in [2.45, 2.75) is 38.5 Å². The molecule has 138 valence electrons. The number of halogens is 2. The number of likely N-dealkylation sites (tertiary alicyclic amines) is 1. The van der Waals surface area contributed by atoms with Gasteiger partial charge in [0, 0.05) is 38.0 Å². The molecule has 0 radical (unpaired) electrons. The van der Waals surface area contributed by atoms with Gasteiger partial charge >= 0.3 is 0 Å². The monoisotopic (exact) mass is 358 g/mol. The van der Waals surface area contributed by atoms with Crippen molar-refractivity contribution < 1.29 is 13.6 Å². The molecule has 1 aromatic carbocycles. The molecule has 0 aliphatic carbocycles. The van der Waals surface area contributed by atoms with Crippen LogP contribution in [0.5, 0.6) is 0 Å². The second kappa shape index (κ2) is 8.88. The number of carbonyl (C=O) groups is 1. The summed E-state index contributed by atoms with van der Waals surface area (Å²) >= 11 is 0. The van der Waals surface area contributed by atoms with Crippen LogP contribution in [0.1, 0.15) is 36.8 Å². The number of benzene rings is 1. The van der Waals surface area contributed by atoms with Crippen LogP contribution in [0, 0.1) is 17.6 Å². The highest BCUT2D eigenvalue weighted by Crippen LogP contribution is 2.23. The van der Waals surface area contributed by atoms with Crippen molar-refractivity contribution in [3.05, 3.63) is 65.5 Å². The van der Waals surface area contributed by atoms with Crippen LogP contribution in [0.4, 0.5) is 8.78 Å². The van der Waals surface area contributed by atoms with Gasteiger partial charge in [-0.3, -0.25) is 9.78 Å². The van der Waals surface area contributed by atoms with Crippen LogP contribution in [0.25, 0.3) is 0 Å². The highest BCUT2D eigenvalue weighted by Gasteiger charge is 2.23. The quantitative estimate of drug-likeness (QED) is 0.777. The second-order valence-electron chi connectivity index (χ2n) is 6.98. The Morgan fingerprint density at radius 1 is 1.23 bits per heavy atom. The molecule has 3 nitrogen and oxygen atoms in total. The van der Waals surface area contributed by atoms with Crippen LogP contribution in [-0.2, 0) is 17.6 Å². The smallest absolute Gasteiger partial charge is 0.222 e. The third-order valence-corrected chi connectivity index (χ3v) is 5.06. The molecule has 2 heterocycles. The number of nitrogens with zero attached hydrogens (tertiary/aromatic N) is 2. The Labute approximate surface area is 153 Å². The molecule has 0 N–H and O–H groups in total. The molecule has 1 aliphatic heterocycles. The highest BCUT2D eigenvalue weighted by atomic mass is 19.1. The van der Waals surface area contributed by atoms with Gasteiger partial charge in [0.05, 0.1) is 0 Å². The summed E-state index contributed by atoms with van der Waals surface area (Å²) in [7, 11) is 0. The van der Waals surface area contributed by atoms with E-state index < -0.39 is 11.6 Å². The Morgan fingerprint density at radius 3 is 2.88 bits per heavy atom. The normalized spacial score (nSPS) is 17.3. The number of piperidine rings is 1. The van der Waals surface area contributed by atoms with Gasteiger partial charge in [-0.2, -0.15) is 0 Å². The molecule has 1 aliphatic rings.